The van der Waals surface area contributed by atoms with Gasteiger partial charge in [0.25, 0.3) is 11.8 Å². The molecule has 190 valence electrons. The number of H-pyrrole nitrogens is 1. The fraction of sp³-hybridized carbons (Fsp3) is 0.250. The number of hydrogen-bond acceptors (Lipinski definition) is 3. The van der Waals surface area contributed by atoms with E-state index in [2.05, 4.69) is 15.3 Å². The number of rotatable bonds is 6. The van der Waals surface area contributed by atoms with E-state index in [4.69, 9.17) is 11.6 Å². The molecule has 2 N–H and O–H groups in total. The molecule has 1 atom stereocenters. The van der Waals surface area contributed by atoms with E-state index in [0.29, 0.717) is 44.1 Å². The number of fused-ring (bicyclic) bond motifs is 1. The third-order valence-corrected chi connectivity index (χ3v) is 6.81. The van der Waals surface area contributed by atoms with Crippen LogP contribution in [0.1, 0.15) is 56.6 Å². The fourth-order valence-corrected chi connectivity index (χ4v) is 4.90. The van der Waals surface area contributed by atoms with Crippen molar-refractivity contribution in [1.29, 1.82) is 0 Å². The van der Waals surface area contributed by atoms with E-state index in [1.807, 2.05) is 4.90 Å². The molecule has 3 aromatic carbocycles. The summed E-state index contributed by atoms with van der Waals surface area (Å²) < 4.78 is 27.8. The van der Waals surface area contributed by atoms with Crippen molar-refractivity contribution in [3.8, 4) is 0 Å². The zero-order chi connectivity index (χ0) is 26.1. The van der Waals surface area contributed by atoms with Crippen LogP contribution in [0.3, 0.4) is 0 Å². The Labute approximate surface area is 217 Å². The largest absolute Gasteiger partial charge is 0.342 e. The van der Waals surface area contributed by atoms with Crippen LogP contribution in [0.4, 0.5) is 8.78 Å². The third kappa shape index (κ3) is 5.49. The Hall–Kier alpha value is -3.78. The maximum atomic E-state index is 13.9. The summed E-state index contributed by atoms with van der Waals surface area (Å²) in [7, 11) is 0. The number of aromatic amines is 1. The van der Waals surface area contributed by atoms with Gasteiger partial charge in [0.1, 0.15) is 17.5 Å². The molecule has 0 aliphatic carbocycles. The van der Waals surface area contributed by atoms with Crippen LogP contribution in [-0.4, -0.2) is 39.8 Å². The molecule has 1 aliphatic rings. The highest BCUT2D eigenvalue weighted by Gasteiger charge is 2.24. The van der Waals surface area contributed by atoms with Gasteiger partial charge in [0, 0.05) is 41.7 Å². The molecule has 37 heavy (non-hydrogen) atoms. The SMILES string of the molecule is Cc1cc(C(=O)N[C@@H](Cc2cc(F)cc(F)c2)c2nc3ccc(Cl)cc3[nH]2)ccc1C(=O)N1CCCC1. The quantitative estimate of drug-likeness (QED) is 0.338. The topological polar surface area (TPSA) is 78.1 Å². The number of imidazole rings is 1. The normalized spacial score (nSPS) is 14.2. The lowest BCUT2D eigenvalue weighted by atomic mass is 10.0. The molecule has 0 spiro atoms. The first-order valence-electron chi connectivity index (χ1n) is 12.1. The number of aryl methyl sites for hydroxylation is 1. The lowest BCUT2D eigenvalue weighted by Gasteiger charge is -2.19. The summed E-state index contributed by atoms with van der Waals surface area (Å²) >= 11 is 6.10. The van der Waals surface area contributed by atoms with Crippen LogP contribution >= 0.6 is 11.6 Å². The van der Waals surface area contributed by atoms with Crippen molar-refractivity contribution in [3.63, 3.8) is 0 Å². The number of hydrogen-bond donors (Lipinski definition) is 2. The molecule has 2 amide bonds. The van der Waals surface area contributed by atoms with E-state index < -0.39 is 23.6 Å². The molecule has 0 saturated carbocycles. The summed E-state index contributed by atoms with van der Waals surface area (Å²) in [6.07, 6.45) is 2.09. The van der Waals surface area contributed by atoms with Crippen molar-refractivity contribution in [2.24, 2.45) is 0 Å². The van der Waals surface area contributed by atoms with E-state index in [1.54, 1.807) is 43.3 Å². The van der Waals surface area contributed by atoms with Crippen molar-refractivity contribution < 1.29 is 18.4 Å². The second-order valence-corrected chi connectivity index (χ2v) is 9.76. The first kappa shape index (κ1) is 24.9. The van der Waals surface area contributed by atoms with Crippen LogP contribution in [0.25, 0.3) is 11.0 Å². The molecule has 6 nitrogen and oxygen atoms in total. The van der Waals surface area contributed by atoms with Crippen LogP contribution in [0.15, 0.2) is 54.6 Å². The van der Waals surface area contributed by atoms with E-state index in [1.165, 1.54) is 12.1 Å². The maximum absolute atomic E-state index is 13.9. The van der Waals surface area contributed by atoms with Gasteiger partial charge in [0.15, 0.2) is 0 Å². The first-order chi connectivity index (χ1) is 17.8. The lowest BCUT2D eigenvalue weighted by molar-refractivity contribution is 0.0791. The number of carbonyl (C=O) groups is 2. The van der Waals surface area contributed by atoms with Gasteiger partial charge in [-0.15, -0.1) is 0 Å². The van der Waals surface area contributed by atoms with E-state index >= 15 is 0 Å². The van der Waals surface area contributed by atoms with Crippen LogP contribution in [0, 0.1) is 18.6 Å². The summed E-state index contributed by atoms with van der Waals surface area (Å²) in [5, 5.41) is 3.46. The molecule has 2 heterocycles. The highest BCUT2D eigenvalue weighted by Crippen LogP contribution is 2.24. The van der Waals surface area contributed by atoms with Gasteiger partial charge in [-0.05, 0) is 79.4 Å². The molecular formula is C28H25ClF2N4O2. The van der Waals surface area contributed by atoms with Crippen molar-refractivity contribution in [2.45, 2.75) is 32.2 Å². The fourth-order valence-electron chi connectivity index (χ4n) is 4.72. The Kier molecular flexibility index (Phi) is 6.93. The lowest BCUT2D eigenvalue weighted by Crippen LogP contribution is -2.31. The molecule has 0 bridgehead atoms. The van der Waals surface area contributed by atoms with Gasteiger partial charge in [-0.25, -0.2) is 13.8 Å². The van der Waals surface area contributed by atoms with E-state index in [9.17, 15) is 18.4 Å². The molecule has 9 heteroatoms. The van der Waals surface area contributed by atoms with Crippen LogP contribution in [-0.2, 0) is 6.42 Å². The number of carbonyl (C=O) groups excluding carboxylic acids is 2. The monoisotopic (exact) mass is 522 g/mol. The van der Waals surface area contributed by atoms with E-state index in [-0.39, 0.29) is 12.3 Å². The second kappa shape index (κ2) is 10.3. The van der Waals surface area contributed by atoms with Gasteiger partial charge < -0.3 is 15.2 Å². The van der Waals surface area contributed by atoms with Gasteiger partial charge >= 0.3 is 0 Å². The van der Waals surface area contributed by atoms with Crippen molar-refractivity contribution >= 4 is 34.4 Å². The highest BCUT2D eigenvalue weighted by atomic mass is 35.5. The molecule has 1 saturated heterocycles. The molecular weight excluding hydrogens is 498 g/mol. The van der Waals surface area contributed by atoms with Gasteiger partial charge in [-0.1, -0.05) is 11.6 Å². The Morgan fingerprint density at radius 1 is 1.05 bits per heavy atom. The average molecular weight is 523 g/mol. The highest BCUT2D eigenvalue weighted by molar-refractivity contribution is 6.31. The predicted octanol–water partition coefficient (Wildman–Crippen LogP) is 5.75. The molecule has 1 fully saturated rings. The number of aromatic nitrogens is 2. The summed E-state index contributed by atoms with van der Waals surface area (Å²) in [6, 6.07) is 12.7. The van der Waals surface area contributed by atoms with Gasteiger partial charge in [-0.2, -0.15) is 0 Å². The number of nitrogens with zero attached hydrogens (tertiary/aromatic N) is 2. The summed E-state index contributed by atoms with van der Waals surface area (Å²) in [5.74, 6) is -1.42. The van der Waals surface area contributed by atoms with E-state index in [0.717, 1.165) is 32.0 Å². The van der Waals surface area contributed by atoms with Crippen LogP contribution < -0.4 is 5.32 Å². The zero-order valence-electron chi connectivity index (χ0n) is 20.2. The minimum absolute atomic E-state index is 0.0334. The number of halogens is 3. The van der Waals surface area contributed by atoms with Crippen molar-refractivity contribution in [1.82, 2.24) is 20.2 Å². The zero-order valence-corrected chi connectivity index (χ0v) is 20.9. The maximum Gasteiger partial charge on any atom is 0.254 e. The summed E-state index contributed by atoms with van der Waals surface area (Å²) in [4.78, 5) is 35.7. The molecule has 0 radical (unpaired) electrons. The van der Waals surface area contributed by atoms with Gasteiger partial charge in [-0.3, -0.25) is 9.59 Å². The standard InChI is InChI=1S/C28H25ClF2N4O2/c1-16-10-18(4-6-22(16)28(37)35-8-2-3-9-35)27(36)34-25(13-17-11-20(30)15-21(31)12-17)26-32-23-7-5-19(29)14-24(23)33-26/h4-7,10-12,14-15,25H,2-3,8-9,13H2,1H3,(H,32,33)(H,34,36)/t25-/m0/s1. The molecule has 4 aromatic rings. The predicted molar refractivity (Wildman–Crippen MR) is 138 cm³/mol. The first-order valence-corrected chi connectivity index (χ1v) is 12.5. The van der Waals surface area contributed by atoms with Crippen molar-refractivity contribution in [2.75, 3.05) is 13.1 Å². The Balaban J connectivity index is 1.43. The molecule has 0 unspecified atom stereocenters. The minimum Gasteiger partial charge on any atom is -0.342 e. The Bertz CT molecular complexity index is 1480. The molecule has 1 aromatic heterocycles. The van der Waals surface area contributed by atoms with Gasteiger partial charge in [0.2, 0.25) is 0 Å². The number of nitrogens with one attached hydrogen (secondary N) is 2. The van der Waals surface area contributed by atoms with Crippen LogP contribution in [0.5, 0.6) is 0 Å². The summed E-state index contributed by atoms with van der Waals surface area (Å²) in [6.45, 7) is 3.28. The second-order valence-electron chi connectivity index (χ2n) is 9.32. The molecule has 1 aliphatic heterocycles. The van der Waals surface area contributed by atoms with Crippen LogP contribution in [0.2, 0.25) is 5.02 Å². The number of benzene rings is 3. The Morgan fingerprint density at radius 3 is 2.49 bits per heavy atom. The minimum atomic E-state index is -0.717. The number of likely N-dealkylation sites (tertiary alicyclic amines) is 1. The third-order valence-electron chi connectivity index (χ3n) is 6.57. The van der Waals surface area contributed by atoms with Crippen molar-refractivity contribution in [3.05, 3.63) is 99.3 Å². The summed E-state index contributed by atoms with van der Waals surface area (Å²) in [5.41, 5.74) is 3.32. The smallest absolute Gasteiger partial charge is 0.254 e. The molecule has 5 rings (SSSR count). The number of amides is 2. The average Bonchev–Trinajstić information content (AvgIpc) is 3.52. The Morgan fingerprint density at radius 2 is 1.78 bits per heavy atom. The van der Waals surface area contributed by atoms with Gasteiger partial charge in [0.05, 0.1) is 17.1 Å².